The zero-order valence-electron chi connectivity index (χ0n) is 10.0. The van der Waals surface area contributed by atoms with E-state index in [2.05, 4.69) is 44.3 Å². The van der Waals surface area contributed by atoms with Crippen LogP contribution in [0.25, 0.3) is 0 Å². The molecule has 2 heteroatoms. The van der Waals surface area contributed by atoms with E-state index in [1.165, 1.54) is 16.8 Å². The van der Waals surface area contributed by atoms with Crippen molar-refractivity contribution in [3.63, 3.8) is 0 Å². The van der Waals surface area contributed by atoms with Crippen LogP contribution in [0, 0.1) is 19.8 Å². The van der Waals surface area contributed by atoms with Crippen LogP contribution < -0.4 is 11.1 Å². The summed E-state index contributed by atoms with van der Waals surface area (Å²) < 4.78 is 0. The maximum atomic E-state index is 5.68. The highest BCUT2D eigenvalue weighted by Gasteiger charge is 2.04. The second-order valence-electron chi connectivity index (χ2n) is 4.21. The molecule has 1 aromatic carbocycles. The van der Waals surface area contributed by atoms with Crippen LogP contribution >= 0.6 is 0 Å². The number of hydrogen-bond donors (Lipinski definition) is 2. The fourth-order valence-corrected chi connectivity index (χ4v) is 1.57. The molecule has 0 heterocycles. The van der Waals surface area contributed by atoms with Gasteiger partial charge in [0.1, 0.15) is 0 Å². The Hall–Kier alpha value is -1.02. The Morgan fingerprint density at radius 3 is 2.67 bits per heavy atom. The fraction of sp³-hybridized carbons (Fsp3) is 0.538. The molecule has 1 aromatic rings. The molecule has 84 valence electrons. The van der Waals surface area contributed by atoms with Gasteiger partial charge in [0, 0.05) is 12.2 Å². The van der Waals surface area contributed by atoms with E-state index < -0.39 is 0 Å². The Kier molecular flexibility index (Phi) is 4.63. The first-order valence-corrected chi connectivity index (χ1v) is 5.68. The number of nitrogens with two attached hydrogens (primary N) is 1. The Morgan fingerprint density at radius 1 is 1.33 bits per heavy atom. The third-order valence-electron chi connectivity index (χ3n) is 2.88. The van der Waals surface area contributed by atoms with Crippen molar-refractivity contribution >= 4 is 5.69 Å². The van der Waals surface area contributed by atoms with E-state index >= 15 is 0 Å². The zero-order chi connectivity index (χ0) is 11.3. The topological polar surface area (TPSA) is 38.0 Å². The van der Waals surface area contributed by atoms with Gasteiger partial charge in [-0.3, -0.25) is 0 Å². The van der Waals surface area contributed by atoms with Crippen molar-refractivity contribution in [2.75, 3.05) is 18.4 Å². The van der Waals surface area contributed by atoms with E-state index in [-0.39, 0.29) is 0 Å². The van der Waals surface area contributed by atoms with Crippen LogP contribution in [0.15, 0.2) is 18.2 Å². The molecule has 3 N–H and O–H groups in total. The molecule has 0 amide bonds. The van der Waals surface area contributed by atoms with Crippen LogP contribution in [0.5, 0.6) is 0 Å². The standard InChI is InChI=1S/C13H22N2/c1-4-12(8-14)9-15-13-7-10(2)5-6-11(13)3/h5-7,12,15H,4,8-9,14H2,1-3H3. The summed E-state index contributed by atoms with van der Waals surface area (Å²) in [5.74, 6) is 0.574. The first-order chi connectivity index (χ1) is 7.17. The molecule has 0 aliphatic rings. The van der Waals surface area contributed by atoms with E-state index in [0.717, 1.165) is 19.5 Å². The molecule has 15 heavy (non-hydrogen) atoms. The Labute approximate surface area is 92.9 Å². The van der Waals surface area contributed by atoms with Gasteiger partial charge in [0.2, 0.25) is 0 Å². The molecule has 0 radical (unpaired) electrons. The van der Waals surface area contributed by atoms with Gasteiger partial charge in [-0.05, 0) is 43.5 Å². The lowest BCUT2D eigenvalue weighted by atomic mass is 10.1. The molecule has 0 aromatic heterocycles. The maximum absolute atomic E-state index is 5.68. The first kappa shape index (κ1) is 12.1. The van der Waals surface area contributed by atoms with Crippen LogP contribution in [0.2, 0.25) is 0 Å². The van der Waals surface area contributed by atoms with Crippen LogP contribution in [0.4, 0.5) is 5.69 Å². The summed E-state index contributed by atoms with van der Waals surface area (Å²) in [6.45, 7) is 8.16. The number of rotatable bonds is 5. The summed E-state index contributed by atoms with van der Waals surface area (Å²) in [4.78, 5) is 0. The zero-order valence-corrected chi connectivity index (χ0v) is 10.0. The number of nitrogens with one attached hydrogen (secondary N) is 1. The molecule has 0 aliphatic carbocycles. The lowest BCUT2D eigenvalue weighted by molar-refractivity contribution is 0.548. The monoisotopic (exact) mass is 206 g/mol. The summed E-state index contributed by atoms with van der Waals surface area (Å²) in [5.41, 5.74) is 9.51. The fourth-order valence-electron chi connectivity index (χ4n) is 1.57. The Bertz CT molecular complexity index is 303. The van der Waals surface area contributed by atoms with Crippen molar-refractivity contribution in [1.29, 1.82) is 0 Å². The lowest BCUT2D eigenvalue weighted by Gasteiger charge is -2.16. The van der Waals surface area contributed by atoms with E-state index in [9.17, 15) is 0 Å². The van der Waals surface area contributed by atoms with Gasteiger partial charge in [-0.15, -0.1) is 0 Å². The number of anilines is 1. The first-order valence-electron chi connectivity index (χ1n) is 5.68. The molecule has 0 saturated heterocycles. The second-order valence-corrected chi connectivity index (χ2v) is 4.21. The normalized spacial score (nSPS) is 12.5. The van der Waals surface area contributed by atoms with Crippen LogP contribution in [0.1, 0.15) is 24.5 Å². The van der Waals surface area contributed by atoms with Crippen LogP contribution in [-0.4, -0.2) is 13.1 Å². The van der Waals surface area contributed by atoms with Gasteiger partial charge in [-0.25, -0.2) is 0 Å². The summed E-state index contributed by atoms with van der Waals surface area (Å²) in [6.07, 6.45) is 1.13. The van der Waals surface area contributed by atoms with Gasteiger partial charge in [0.25, 0.3) is 0 Å². The Balaban J connectivity index is 2.60. The van der Waals surface area contributed by atoms with Crippen molar-refractivity contribution in [3.05, 3.63) is 29.3 Å². The van der Waals surface area contributed by atoms with Crippen molar-refractivity contribution in [2.24, 2.45) is 11.7 Å². The highest BCUT2D eigenvalue weighted by molar-refractivity contribution is 5.52. The summed E-state index contributed by atoms with van der Waals surface area (Å²) >= 11 is 0. The molecule has 1 rings (SSSR count). The van der Waals surface area contributed by atoms with Gasteiger partial charge in [0.05, 0.1) is 0 Å². The quantitative estimate of drug-likeness (QED) is 0.777. The van der Waals surface area contributed by atoms with E-state index in [1.54, 1.807) is 0 Å². The third-order valence-corrected chi connectivity index (χ3v) is 2.88. The van der Waals surface area contributed by atoms with Gasteiger partial charge in [-0.2, -0.15) is 0 Å². The predicted octanol–water partition coefficient (Wildman–Crippen LogP) is 2.70. The van der Waals surface area contributed by atoms with E-state index in [1.807, 2.05) is 0 Å². The molecule has 0 bridgehead atoms. The summed E-state index contributed by atoms with van der Waals surface area (Å²) in [5, 5.41) is 3.48. The largest absolute Gasteiger partial charge is 0.384 e. The smallest absolute Gasteiger partial charge is 0.0372 e. The van der Waals surface area contributed by atoms with Crippen molar-refractivity contribution in [1.82, 2.24) is 0 Å². The minimum atomic E-state index is 0.574. The van der Waals surface area contributed by atoms with Gasteiger partial charge in [0.15, 0.2) is 0 Å². The molecular weight excluding hydrogens is 184 g/mol. The van der Waals surface area contributed by atoms with Crippen LogP contribution in [-0.2, 0) is 0 Å². The molecule has 2 nitrogen and oxygen atoms in total. The van der Waals surface area contributed by atoms with Gasteiger partial charge in [-0.1, -0.05) is 25.5 Å². The van der Waals surface area contributed by atoms with Crippen molar-refractivity contribution in [2.45, 2.75) is 27.2 Å². The number of aryl methyl sites for hydroxylation is 2. The summed E-state index contributed by atoms with van der Waals surface area (Å²) in [7, 11) is 0. The highest BCUT2D eigenvalue weighted by atomic mass is 14.9. The minimum Gasteiger partial charge on any atom is -0.384 e. The van der Waals surface area contributed by atoms with Crippen LogP contribution in [0.3, 0.4) is 0 Å². The van der Waals surface area contributed by atoms with E-state index in [0.29, 0.717) is 5.92 Å². The molecule has 0 aliphatic heterocycles. The molecule has 1 atom stereocenters. The summed E-state index contributed by atoms with van der Waals surface area (Å²) in [6, 6.07) is 6.49. The molecule has 0 spiro atoms. The lowest BCUT2D eigenvalue weighted by Crippen LogP contribution is -2.22. The van der Waals surface area contributed by atoms with Gasteiger partial charge < -0.3 is 11.1 Å². The molecule has 0 fully saturated rings. The average molecular weight is 206 g/mol. The minimum absolute atomic E-state index is 0.574. The average Bonchev–Trinajstić information content (AvgIpc) is 2.24. The Morgan fingerprint density at radius 2 is 2.07 bits per heavy atom. The molecule has 0 saturated carbocycles. The molecule has 1 unspecified atom stereocenters. The number of benzene rings is 1. The van der Waals surface area contributed by atoms with Crippen molar-refractivity contribution < 1.29 is 0 Å². The number of hydrogen-bond acceptors (Lipinski definition) is 2. The second kappa shape index (κ2) is 5.76. The molecular formula is C13H22N2. The van der Waals surface area contributed by atoms with E-state index in [4.69, 9.17) is 5.73 Å². The SMILES string of the molecule is CCC(CN)CNc1cc(C)ccc1C. The predicted molar refractivity (Wildman–Crippen MR) is 67.2 cm³/mol. The third kappa shape index (κ3) is 3.56. The van der Waals surface area contributed by atoms with Crippen molar-refractivity contribution in [3.8, 4) is 0 Å². The highest BCUT2D eigenvalue weighted by Crippen LogP contribution is 2.16. The van der Waals surface area contributed by atoms with Gasteiger partial charge >= 0.3 is 0 Å². The maximum Gasteiger partial charge on any atom is 0.0372 e.